The summed E-state index contributed by atoms with van der Waals surface area (Å²) in [5, 5.41) is 0.665. The number of halogens is 1. The second kappa shape index (κ2) is 4.58. The SMILES string of the molecule is NC=C1COC(=O)C1Cc1ccccc1Cl. The summed E-state index contributed by atoms with van der Waals surface area (Å²) < 4.78 is 4.95. The molecule has 0 spiro atoms. The zero-order chi connectivity index (χ0) is 11.5. The van der Waals surface area contributed by atoms with E-state index in [1.54, 1.807) is 0 Å². The zero-order valence-corrected chi connectivity index (χ0v) is 9.41. The Morgan fingerprint density at radius 2 is 2.25 bits per heavy atom. The second-order valence-electron chi connectivity index (χ2n) is 3.70. The lowest BCUT2D eigenvalue weighted by atomic mass is 9.94. The fourth-order valence-corrected chi connectivity index (χ4v) is 1.98. The molecule has 2 rings (SSSR count). The first kappa shape index (κ1) is 11.0. The van der Waals surface area contributed by atoms with Crippen LogP contribution in [-0.2, 0) is 16.0 Å². The number of hydrogen-bond donors (Lipinski definition) is 1. The van der Waals surface area contributed by atoms with Gasteiger partial charge in [-0.1, -0.05) is 29.8 Å². The van der Waals surface area contributed by atoms with E-state index in [0.717, 1.165) is 11.1 Å². The molecule has 2 N–H and O–H groups in total. The molecule has 1 aliphatic rings. The topological polar surface area (TPSA) is 52.3 Å². The van der Waals surface area contributed by atoms with Crippen LogP contribution < -0.4 is 5.73 Å². The van der Waals surface area contributed by atoms with Crippen LogP contribution in [0, 0.1) is 5.92 Å². The lowest BCUT2D eigenvalue weighted by Crippen LogP contribution is -2.13. The smallest absolute Gasteiger partial charge is 0.313 e. The van der Waals surface area contributed by atoms with Crippen molar-refractivity contribution >= 4 is 17.6 Å². The molecule has 1 heterocycles. The van der Waals surface area contributed by atoms with E-state index in [1.165, 1.54) is 6.20 Å². The van der Waals surface area contributed by atoms with E-state index in [1.807, 2.05) is 24.3 Å². The molecule has 1 fully saturated rings. The summed E-state index contributed by atoms with van der Waals surface area (Å²) in [6, 6.07) is 7.47. The van der Waals surface area contributed by atoms with E-state index in [-0.39, 0.29) is 11.9 Å². The van der Waals surface area contributed by atoms with Crippen molar-refractivity contribution in [2.45, 2.75) is 6.42 Å². The molecule has 1 saturated heterocycles. The van der Waals surface area contributed by atoms with Crippen LogP contribution in [0.5, 0.6) is 0 Å². The van der Waals surface area contributed by atoms with E-state index in [0.29, 0.717) is 18.1 Å². The first-order valence-corrected chi connectivity index (χ1v) is 5.41. The third-order valence-electron chi connectivity index (χ3n) is 2.71. The van der Waals surface area contributed by atoms with Gasteiger partial charge < -0.3 is 10.5 Å². The van der Waals surface area contributed by atoms with Crippen LogP contribution in [-0.4, -0.2) is 12.6 Å². The van der Waals surface area contributed by atoms with Gasteiger partial charge in [0.25, 0.3) is 0 Å². The average Bonchev–Trinajstić information content (AvgIpc) is 2.63. The highest BCUT2D eigenvalue weighted by molar-refractivity contribution is 6.31. The van der Waals surface area contributed by atoms with Crippen molar-refractivity contribution in [1.82, 2.24) is 0 Å². The zero-order valence-electron chi connectivity index (χ0n) is 8.65. The van der Waals surface area contributed by atoms with Gasteiger partial charge in [-0.05, 0) is 29.8 Å². The Labute approximate surface area is 98.8 Å². The third kappa shape index (κ3) is 2.04. The first-order valence-electron chi connectivity index (χ1n) is 5.03. The molecule has 0 aliphatic carbocycles. The summed E-state index contributed by atoms with van der Waals surface area (Å²) in [5.41, 5.74) is 7.21. The monoisotopic (exact) mass is 237 g/mol. The van der Waals surface area contributed by atoms with Crippen molar-refractivity contribution < 1.29 is 9.53 Å². The maximum Gasteiger partial charge on any atom is 0.313 e. The molecule has 3 nitrogen and oxygen atoms in total. The summed E-state index contributed by atoms with van der Waals surface area (Å²) >= 11 is 6.04. The molecule has 0 aromatic heterocycles. The number of rotatable bonds is 2. The van der Waals surface area contributed by atoms with Gasteiger partial charge in [0, 0.05) is 5.02 Å². The number of hydrogen-bond acceptors (Lipinski definition) is 3. The molecule has 1 aromatic carbocycles. The Balaban J connectivity index is 2.21. The molecule has 16 heavy (non-hydrogen) atoms. The van der Waals surface area contributed by atoms with Crippen molar-refractivity contribution in [3.8, 4) is 0 Å². The molecule has 1 aromatic rings. The standard InChI is InChI=1S/C12H12ClNO2/c13-11-4-2-1-3-8(11)5-10-9(6-14)7-16-12(10)15/h1-4,6,10H,5,7,14H2. The molecule has 0 bridgehead atoms. The highest BCUT2D eigenvalue weighted by Crippen LogP contribution is 2.27. The van der Waals surface area contributed by atoms with E-state index >= 15 is 0 Å². The third-order valence-corrected chi connectivity index (χ3v) is 3.08. The Morgan fingerprint density at radius 1 is 1.50 bits per heavy atom. The molecule has 4 heteroatoms. The predicted octanol–water partition coefficient (Wildman–Crippen LogP) is 1.90. The molecule has 0 radical (unpaired) electrons. The number of carbonyl (C=O) groups excluding carboxylic acids is 1. The number of nitrogens with two attached hydrogens (primary N) is 1. The van der Waals surface area contributed by atoms with Gasteiger partial charge in [-0.25, -0.2) is 0 Å². The Kier molecular flexibility index (Phi) is 3.15. The number of cyclic esters (lactones) is 1. The summed E-state index contributed by atoms with van der Waals surface area (Å²) in [7, 11) is 0. The normalized spacial score (nSPS) is 22.4. The van der Waals surface area contributed by atoms with E-state index in [2.05, 4.69) is 0 Å². The molecule has 1 atom stereocenters. The minimum Gasteiger partial charge on any atom is -0.461 e. The molecule has 1 unspecified atom stereocenters. The number of carbonyl (C=O) groups is 1. The summed E-state index contributed by atoms with van der Waals surface area (Å²) in [5.74, 6) is -0.512. The van der Waals surface area contributed by atoms with Crippen molar-refractivity contribution in [3.05, 3.63) is 46.6 Å². The van der Waals surface area contributed by atoms with E-state index in [9.17, 15) is 4.79 Å². The van der Waals surface area contributed by atoms with Gasteiger partial charge in [-0.2, -0.15) is 0 Å². The van der Waals surface area contributed by atoms with Crippen LogP contribution in [0.4, 0.5) is 0 Å². The fourth-order valence-electron chi connectivity index (χ4n) is 1.77. The lowest BCUT2D eigenvalue weighted by Gasteiger charge is -2.08. The Bertz CT molecular complexity index is 442. The first-order chi connectivity index (χ1) is 7.72. The van der Waals surface area contributed by atoms with Gasteiger partial charge in [0.05, 0.1) is 5.92 Å². The number of benzene rings is 1. The fraction of sp³-hybridized carbons (Fsp3) is 0.250. The van der Waals surface area contributed by atoms with Crippen LogP contribution in [0.3, 0.4) is 0 Å². The van der Waals surface area contributed by atoms with Gasteiger partial charge in [-0.3, -0.25) is 4.79 Å². The van der Waals surface area contributed by atoms with Crippen LogP contribution in [0.1, 0.15) is 5.56 Å². The quantitative estimate of drug-likeness (QED) is 0.800. The van der Waals surface area contributed by atoms with Gasteiger partial charge in [0.2, 0.25) is 0 Å². The summed E-state index contributed by atoms with van der Waals surface area (Å²) in [4.78, 5) is 11.5. The van der Waals surface area contributed by atoms with Crippen molar-refractivity contribution in [2.75, 3.05) is 6.61 Å². The summed E-state index contributed by atoms with van der Waals surface area (Å²) in [6.07, 6.45) is 1.99. The molecular weight excluding hydrogens is 226 g/mol. The van der Waals surface area contributed by atoms with E-state index < -0.39 is 0 Å². The van der Waals surface area contributed by atoms with Gasteiger partial charge in [0.1, 0.15) is 6.61 Å². The van der Waals surface area contributed by atoms with E-state index in [4.69, 9.17) is 22.1 Å². The predicted molar refractivity (Wildman–Crippen MR) is 61.9 cm³/mol. The van der Waals surface area contributed by atoms with Crippen LogP contribution >= 0.6 is 11.6 Å². The largest absolute Gasteiger partial charge is 0.461 e. The minimum absolute atomic E-state index is 0.225. The second-order valence-corrected chi connectivity index (χ2v) is 4.10. The van der Waals surface area contributed by atoms with Gasteiger partial charge in [0.15, 0.2) is 0 Å². The molecule has 1 aliphatic heterocycles. The number of ether oxygens (including phenoxy) is 1. The molecular formula is C12H12ClNO2. The molecule has 84 valence electrons. The Morgan fingerprint density at radius 3 is 2.94 bits per heavy atom. The van der Waals surface area contributed by atoms with Crippen LogP contribution in [0.15, 0.2) is 36.0 Å². The molecule has 0 saturated carbocycles. The Hall–Kier alpha value is -1.48. The van der Waals surface area contributed by atoms with Gasteiger partial charge in [-0.15, -0.1) is 0 Å². The summed E-state index contributed by atoms with van der Waals surface area (Å²) in [6.45, 7) is 0.296. The maximum atomic E-state index is 11.5. The highest BCUT2D eigenvalue weighted by Gasteiger charge is 2.31. The maximum absolute atomic E-state index is 11.5. The van der Waals surface area contributed by atoms with Crippen molar-refractivity contribution in [2.24, 2.45) is 11.7 Å². The average molecular weight is 238 g/mol. The minimum atomic E-state index is -0.287. The van der Waals surface area contributed by atoms with Crippen molar-refractivity contribution in [1.29, 1.82) is 0 Å². The van der Waals surface area contributed by atoms with Crippen LogP contribution in [0.25, 0.3) is 0 Å². The van der Waals surface area contributed by atoms with Crippen molar-refractivity contribution in [3.63, 3.8) is 0 Å². The highest BCUT2D eigenvalue weighted by atomic mass is 35.5. The lowest BCUT2D eigenvalue weighted by molar-refractivity contribution is -0.141. The molecule has 0 amide bonds. The van der Waals surface area contributed by atoms with Crippen LogP contribution in [0.2, 0.25) is 5.02 Å². The number of esters is 1. The van der Waals surface area contributed by atoms with Gasteiger partial charge >= 0.3 is 5.97 Å².